The van der Waals surface area contributed by atoms with Crippen molar-refractivity contribution in [2.24, 2.45) is 5.14 Å². The van der Waals surface area contributed by atoms with Crippen LogP contribution in [0.2, 0.25) is 0 Å². The lowest BCUT2D eigenvalue weighted by atomic mass is 10.3. The molecular weight excluding hydrogens is 276 g/mol. The third kappa shape index (κ3) is 2.06. The Labute approximate surface area is 115 Å². The van der Waals surface area contributed by atoms with Crippen molar-refractivity contribution in [3.05, 3.63) is 48.3 Å². The van der Waals surface area contributed by atoms with Crippen molar-refractivity contribution in [2.45, 2.75) is 11.8 Å². The minimum atomic E-state index is -3.77. The number of hydrogen-bond donors (Lipinski definition) is 1. The van der Waals surface area contributed by atoms with Gasteiger partial charge < -0.3 is 0 Å². The lowest BCUT2D eigenvalue weighted by Gasteiger charge is -2.02. The molecule has 0 fully saturated rings. The fraction of sp³-hybridized carbons (Fsp3) is 0.0769. The Morgan fingerprint density at radius 2 is 1.90 bits per heavy atom. The molecule has 2 aromatic heterocycles. The molecule has 0 aliphatic carbocycles. The van der Waals surface area contributed by atoms with Crippen molar-refractivity contribution in [3.8, 4) is 5.69 Å². The highest BCUT2D eigenvalue weighted by Gasteiger charge is 2.15. The first-order chi connectivity index (χ1) is 9.47. The van der Waals surface area contributed by atoms with Gasteiger partial charge in [0.25, 0.3) is 0 Å². The van der Waals surface area contributed by atoms with Crippen molar-refractivity contribution in [2.75, 3.05) is 0 Å². The van der Waals surface area contributed by atoms with Gasteiger partial charge in [-0.25, -0.2) is 23.2 Å². The molecule has 0 aliphatic rings. The molecule has 0 bridgehead atoms. The molecule has 0 aliphatic heterocycles. The molecule has 0 amide bonds. The first kappa shape index (κ1) is 12.8. The Morgan fingerprint density at radius 1 is 1.20 bits per heavy atom. The van der Waals surface area contributed by atoms with Crippen LogP contribution in [0.5, 0.6) is 0 Å². The van der Waals surface area contributed by atoms with Gasteiger partial charge in [0.05, 0.1) is 11.4 Å². The number of aromatic nitrogens is 3. The number of primary sulfonamides is 1. The van der Waals surface area contributed by atoms with Crippen LogP contribution in [0.4, 0.5) is 0 Å². The molecule has 0 spiro atoms. The van der Waals surface area contributed by atoms with E-state index < -0.39 is 10.0 Å². The molecule has 0 radical (unpaired) electrons. The van der Waals surface area contributed by atoms with Gasteiger partial charge in [0.1, 0.15) is 4.90 Å². The van der Waals surface area contributed by atoms with Crippen LogP contribution in [0, 0.1) is 6.92 Å². The Kier molecular flexibility index (Phi) is 2.81. The van der Waals surface area contributed by atoms with Gasteiger partial charge in [0, 0.05) is 11.6 Å². The van der Waals surface area contributed by atoms with E-state index in [1.54, 1.807) is 11.6 Å². The quantitative estimate of drug-likeness (QED) is 0.771. The lowest BCUT2D eigenvalue weighted by molar-refractivity contribution is 0.597. The summed E-state index contributed by atoms with van der Waals surface area (Å²) in [6.45, 7) is 1.80. The summed E-state index contributed by atoms with van der Waals surface area (Å²) in [6.07, 6.45) is 1.25. The molecule has 0 saturated heterocycles. The summed E-state index contributed by atoms with van der Waals surface area (Å²) in [5.41, 5.74) is 2.16. The molecule has 0 unspecified atom stereocenters. The third-order valence-electron chi connectivity index (χ3n) is 3.01. The first-order valence-corrected chi connectivity index (χ1v) is 7.45. The van der Waals surface area contributed by atoms with E-state index in [1.807, 2.05) is 30.3 Å². The van der Waals surface area contributed by atoms with Crippen LogP contribution in [0.15, 0.2) is 47.5 Å². The molecule has 2 heterocycles. The van der Waals surface area contributed by atoms with Gasteiger partial charge in [-0.05, 0) is 25.1 Å². The van der Waals surface area contributed by atoms with Crippen LogP contribution < -0.4 is 5.14 Å². The summed E-state index contributed by atoms with van der Waals surface area (Å²) in [5, 5.41) is 10.2. The molecule has 2 N–H and O–H groups in total. The Morgan fingerprint density at radius 3 is 2.55 bits per heavy atom. The largest absolute Gasteiger partial charge is 0.239 e. The normalized spacial score (nSPS) is 11.9. The maximum absolute atomic E-state index is 11.4. The summed E-state index contributed by atoms with van der Waals surface area (Å²) in [6, 6.07) is 11.0. The maximum atomic E-state index is 11.4. The maximum Gasteiger partial charge on any atom is 0.239 e. The summed E-state index contributed by atoms with van der Waals surface area (Å²) >= 11 is 0. The number of fused-ring (bicyclic) bond motifs is 1. The molecule has 7 heteroatoms. The zero-order valence-corrected chi connectivity index (χ0v) is 11.5. The number of sulfonamides is 1. The minimum Gasteiger partial charge on any atom is -0.235 e. The Bertz CT molecular complexity index is 885. The molecular formula is C13H12N4O2S. The predicted molar refractivity (Wildman–Crippen MR) is 75.0 cm³/mol. The van der Waals surface area contributed by atoms with Gasteiger partial charge in [0.15, 0.2) is 5.65 Å². The third-order valence-corrected chi connectivity index (χ3v) is 3.89. The van der Waals surface area contributed by atoms with Crippen LogP contribution >= 0.6 is 0 Å². The van der Waals surface area contributed by atoms with Crippen molar-refractivity contribution >= 4 is 21.1 Å². The summed E-state index contributed by atoms with van der Waals surface area (Å²) in [5.74, 6) is 0. The van der Waals surface area contributed by atoms with Gasteiger partial charge in [-0.15, -0.1) is 0 Å². The number of para-hydroxylation sites is 1. The van der Waals surface area contributed by atoms with E-state index in [2.05, 4.69) is 10.1 Å². The van der Waals surface area contributed by atoms with Gasteiger partial charge in [-0.2, -0.15) is 5.10 Å². The lowest BCUT2D eigenvalue weighted by Crippen LogP contribution is -2.12. The highest BCUT2D eigenvalue weighted by Crippen LogP contribution is 2.22. The Hall–Kier alpha value is -2.25. The number of benzene rings is 1. The number of nitrogens with zero attached hydrogens (tertiary/aromatic N) is 3. The predicted octanol–water partition coefficient (Wildman–Crippen LogP) is 1.38. The van der Waals surface area contributed by atoms with E-state index in [0.29, 0.717) is 16.7 Å². The minimum absolute atomic E-state index is 0.0132. The zero-order valence-electron chi connectivity index (χ0n) is 10.7. The molecule has 6 nitrogen and oxygen atoms in total. The molecule has 102 valence electrons. The van der Waals surface area contributed by atoms with Crippen molar-refractivity contribution in [1.82, 2.24) is 14.8 Å². The highest BCUT2D eigenvalue weighted by atomic mass is 32.2. The number of aryl methyl sites for hydroxylation is 1. The summed E-state index contributed by atoms with van der Waals surface area (Å²) in [4.78, 5) is 4.17. The molecule has 3 aromatic rings. The van der Waals surface area contributed by atoms with Crippen molar-refractivity contribution in [3.63, 3.8) is 0 Å². The standard InChI is InChI=1S/C13H12N4O2S/c1-9-12-7-11(20(14,18)19)8-15-13(12)17(16-9)10-5-3-2-4-6-10/h2-8H,1H3,(H2,14,18,19). The van der Waals surface area contributed by atoms with Crippen LogP contribution in [0.3, 0.4) is 0 Å². The van der Waals surface area contributed by atoms with Gasteiger partial charge >= 0.3 is 0 Å². The molecule has 20 heavy (non-hydrogen) atoms. The van der Waals surface area contributed by atoms with Gasteiger partial charge in [-0.3, -0.25) is 0 Å². The smallest absolute Gasteiger partial charge is 0.235 e. The highest BCUT2D eigenvalue weighted by molar-refractivity contribution is 7.89. The van der Waals surface area contributed by atoms with E-state index in [-0.39, 0.29) is 4.90 Å². The fourth-order valence-electron chi connectivity index (χ4n) is 2.03. The average molecular weight is 288 g/mol. The fourth-order valence-corrected chi connectivity index (χ4v) is 2.51. The zero-order chi connectivity index (χ0) is 14.3. The van der Waals surface area contributed by atoms with E-state index in [0.717, 1.165) is 5.69 Å². The topological polar surface area (TPSA) is 90.9 Å². The van der Waals surface area contributed by atoms with Crippen LogP contribution in [0.25, 0.3) is 16.7 Å². The van der Waals surface area contributed by atoms with Crippen LogP contribution in [-0.4, -0.2) is 23.2 Å². The van der Waals surface area contributed by atoms with Crippen molar-refractivity contribution < 1.29 is 8.42 Å². The SMILES string of the molecule is Cc1nn(-c2ccccc2)c2ncc(S(N)(=O)=O)cc12. The summed E-state index contributed by atoms with van der Waals surface area (Å²) in [7, 11) is -3.77. The number of pyridine rings is 1. The van der Waals surface area contributed by atoms with E-state index in [9.17, 15) is 8.42 Å². The molecule has 1 aromatic carbocycles. The molecule has 3 rings (SSSR count). The average Bonchev–Trinajstić information content (AvgIpc) is 2.76. The summed E-state index contributed by atoms with van der Waals surface area (Å²) < 4.78 is 24.4. The Balaban J connectivity index is 2.29. The van der Waals surface area contributed by atoms with Crippen LogP contribution in [-0.2, 0) is 10.0 Å². The second-order valence-electron chi connectivity index (χ2n) is 4.42. The van der Waals surface area contributed by atoms with Crippen LogP contribution in [0.1, 0.15) is 5.69 Å². The van der Waals surface area contributed by atoms with Gasteiger partial charge in [0.2, 0.25) is 10.0 Å². The second kappa shape index (κ2) is 4.39. The first-order valence-electron chi connectivity index (χ1n) is 5.90. The van der Waals surface area contributed by atoms with E-state index in [1.165, 1.54) is 12.3 Å². The molecule has 0 atom stereocenters. The van der Waals surface area contributed by atoms with Gasteiger partial charge in [-0.1, -0.05) is 18.2 Å². The second-order valence-corrected chi connectivity index (χ2v) is 5.98. The monoisotopic (exact) mass is 288 g/mol. The number of rotatable bonds is 2. The molecule has 0 saturated carbocycles. The van der Waals surface area contributed by atoms with Crippen molar-refractivity contribution in [1.29, 1.82) is 0 Å². The number of nitrogens with two attached hydrogens (primary N) is 1. The van der Waals surface area contributed by atoms with E-state index in [4.69, 9.17) is 5.14 Å². The number of hydrogen-bond acceptors (Lipinski definition) is 4. The van der Waals surface area contributed by atoms with E-state index >= 15 is 0 Å².